The molecule has 1 saturated heterocycles. The van der Waals surface area contributed by atoms with Gasteiger partial charge in [-0.2, -0.15) is 0 Å². The Bertz CT molecular complexity index is 1470. The first-order valence-corrected chi connectivity index (χ1v) is 12.6. The fourth-order valence-electron chi connectivity index (χ4n) is 4.74. The van der Waals surface area contributed by atoms with Crippen molar-refractivity contribution in [2.45, 2.75) is 32.0 Å². The third kappa shape index (κ3) is 5.39. The first kappa shape index (κ1) is 26.5. The summed E-state index contributed by atoms with van der Waals surface area (Å²) in [7, 11) is 2.99. The number of para-hydroxylation sites is 2. The quantitative estimate of drug-likeness (QED) is 0.406. The monoisotopic (exact) mass is 545 g/mol. The van der Waals surface area contributed by atoms with Gasteiger partial charge in [0.05, 0.1) is 19.8 Å². The van der Waals surface area contributed by atoms with Crippen LogP contribution in [0.25, 0.3) is 0 Å². The normalized spacial score (nSPS) is 16.2. The second-order valence-electron chi connectivity index (χ2n) is 9.17. The van der Waals surface area contributed by atoms with E-state index in [0.29, 0.717) is 39.6 Å². The predicted molar refractivity (Wildman–Crippen MR) is 142 cm³/mol. The molecule has 1 fully saturated rings. The molecule has 40 heavy (non-hydrogen) atoms. The number of carbonyl (C=O) groups is 4. The lowest BCUT2D eigenvalue weighted by atomic mass is 10.0. The van der Waals surface area contributed by atoms with Crippen molar-refractivity contribution in [3.05, 3.63) is 77.4 Å². The van der Waals surface area contributed by atoms with E-state index in [4.69, 9.17) is 18.9 Å². The van der Waals surface area contributed by atoms with Crippen LogP contribution in [0.4, 0.5) is 10.5 Å². The van der Waals surface area contributed by atoms with Crippen LogP contribution in [0.5, 0.6) is 23.0 Å². The van der Waals surface area contributed by atoms with Crippen LogP contribution >= 0.6 is 0 Å². The van der Waals surface area contributed by atoms with Crippen molar-refractivity contribution in [3.8, 4) is 23.0 Å². The smallest absolute Gasteiger partial charge is 0.411 e. The number of methoxy groups -OCH3 is 2. The van der Waals surface area contributed by atoms with E-state index in [1.165, 1.54) is 12.0 Å². The minimum atomic E-state index is -0.737. The molecule has 2 aliphatic rings. The van der Waals surface area contributed by atoms with Crippen LogP contribution in [-0.4, -0.2) is 49.0 Å². The molecule has 0 spiro atoms. The summed E-state index contributed by atoms with van der Waals surface area (Å²) < 4.78 is 22.1. The van der Waals surface area contributed by atoms with Gasteiger partial charge < -0.3 is 23.8 Å². The van der Waals surface area contributed by atoms with Gasteiger partial charge in [-0.05, 0) is 48.4 Å². The Kier molecular flexibility index (Phi) is 7.54. The van der Waals surface area contributed by atoms with Crippen molar-refractivity contribution >= 4 is 29.5 Å². The number of piperidine rings is 1. The molecule has 5 rings (SSSR count). The zero-order valence-corrected chi connectivity index (χ0v) is 21.9. The van der Waals surface area contributed by atoms with E-state index >= 15 is 0 Å². The fraction of sp³-hybridized carbons (Fsp3) is 0.241. The average molecular weight is 546 g/mol. The van der Waals surface area contributed by atoms with Gasteiger partial charge >= 0.3 is 6.09 Å². The lowest BCUT2D eigenvalue weighted by Crippen LogP contribution is -2.52. The van der Waals surface area contributed by atoms with Crippen LogP contribution in [0.1, 0.15) is 34.3 Å². The first-order valence-electron chi connectivity index (χ1n) is 12.6. The number of hydrogen-bond acceptors (Lipinski definition) is 8. The zero-order valence-electron chi connectivity index (χ0n) is 21.9. The molecule has 2 heterocycles. The Morgan fingerprint density at radius 3 is 2.42 bits per heavy atom. The second kappa shape index (κ2) is 11.4. The lowest BCUT2D eigenvalue weighted by Gasteiger charge is -2.29. The molecule has 3 aromatic carbocycles. The van der Waals surface area contributed by atoms with Gasteiger partial charge in [0.1, 0.15) is 24.1 Å². The maximum atomic E-state index is 13.3. The van der Waals surface area contributed by atoms with Crippen molar-refractivity contribution in [3.63, 3.8) is 0 Å². The van der Waals surface area contributed by atoms with E-state index in [9.17, 15) is 19.2 Å². The molecule has 4 amide bonds. The Hall–Kier alpha value is -5.06. The minimum Gasteiger partial charge on any atom is -0.495 e. The third-order valence-corrected chi connectivity index (χ3v) is 6.69. The number of imide groups is 1. The van der Waals surface area contributed by atoms with Crippen LogP contribution in [0.3, 0.4) is 0 Å². The highest BCUT2D eigenvalue weighted by atomic mass is 16.5. The maximum Gasteiger partial charge on any atom is 0.411 e. The maximum absolute atomic E-state index is 13.3. The number of rotatable bonds is 8. The van der Waals surface area contributed by atoms with Gasteiger partial charge in [-0.3, -0.25) is 25.0 Å². The molecule has 2 N–H and O–H groups in total. The summed E-state index contributed by atoms with van der Waals surface area (Å²) >= 11 is 0. The molecule has 0 radical (unpaired) electrons. The SMILES string of the molecule is COc1ccccc1Oc1ccc(NC(=O)OCc2ccc3c(c2OC)C(=O)N(C2CCC(=O)NC2=O)C3)cc1. The molecule has 1 unspecified atom stereocenters. The van der Waals surface area contributed by atoms with E-state index in [0.717, 1.165) is 0 Å². The highest BCUT2D eigenvalue weighted by molar-refractivity contribution is 6.06. The molecule has 3 aromatic rings. The highest BCUT2D eigenvalue weighted by Crippen LogP contribution is 2.36. The Labute approximate surface area is 230 Å². The van der Waals surface area contributed by atoms with E-state index in [2.05, 4.69) is 10.6 Å². The minimum absolute atomic E-state index is 0.150. The standard InChI is InChI=1S/C29H27N3O8/c1-37-22-5-3-4-6-23(22)40-20-11-9-19(10-12-20)30-29(36)39-16-18-8-7-17-15-32(28(35)25(17)26(18)38-2)21-13-14-24(33)31-27(21)34/h3-12,21H,13-16H2,1-2H3,(H,30,36)(H,31,33,34). The first-order chi connectivity index (χ1) is 19.4. The lowest BCUT2D eigenvalue weighted by molar-refractivity contribution is -0.136. The number of nitrogens with one attached hydrogen (secondary N) is 2. The van der Waals surface area contributed by atoms with Crippen LogP contribution in [0, 0.1) is 0 Å². The molecule has 206 valence electrons. The van der Waals surface area contributed by atoms with Crippen LogP contribution in [0.2, 0.25) is 0 Å². The summed E-state index contributed by atoms with van der Waals surface area (Å²) in [5.41, 5.74) is 2.00. The van der Waals surface area contributed by atoms with E-state index in [1.807, 2.05) is 12.1 Å². The van der Waals surface area contributed by atoms with Crippen LogP contribution in [-0.2, 0) is 27.5 Å². The largest absolute Gasteiger partial charge is 0.495 e. The van der Waals surface area contributed by atoms with Gasteiger partial charge in [-0.1, -0.05) is 24.3 Å². The second-order valence-corrected chi connectivity index (χ2v) is 9.17. The molecular formula is C29H27N3O8. The molecule has 0 bridgehead atoms. The number of benzene rings is 3. The average Bonchev–Trinajstić information content (AvgIpc) is 3.29. The number of carbonyl (C=O) groups excluding carboxylic acids is 4. The Morgan fingerprint density at radius 1 is 0.975 bits per heavy atom. The van der Waals surface area contributed by atoms with Crippen molar-refractivity contribution in [2.75, 3.05) is 19.5 Å². The highest BCUT2D eigenvalue weighted by Gasteiger charge is 2.41. The van der Waals surface area contributed by atoms with Gasteiger partial charge in [0.15, 0.2) is 11.5 Å². The molecule has 11 heteroatoms. The predicted octanol–water partition coefficient (Wildman–Crippen LogP) is 4.01. The number of nitrogens with zero attached hydrogens (tertiary/aromatic N) is 1. The summed E-state index contributed by atoms with van der Waals surface area (Å²) in [5.74, 6) is 0.787. The fourth-order valence-corrected chi connectivity index (χ4v) is 4.74. The third-order valence-electron chi connectivity index (χ3n) is 6.69. The summed E-state index contributed by atoms with van der Waals surface area (Å²) in [5, 5.41) is 4.94. The summed E-state index contributed by atoms with van der Waals surface area (Å²) in [6, 6.07) is 16.7. The van der Waals surface area contributed by atoms with Crippen molar-refractivity contribution < 1.29 is 38.1 Å². The van der Waals surface area contributed by atoms with Crippen molar-refractivity contribution in [1.29, 1.82) is 0 Å². The van der Waals surface area contributed by atoms with Gasteiger partial charge in [0.2, 0.25) is 11.8 Å². The van der Waals surface area contributed by atoms with Gasteiger partial charge in [-0.15, -0.1) is 0 Å². The number of ether oxygens (including phenoxy) is 4. The van der Waals surface area contributed by atoms with Crippen LogP contribution < -0.4 is 24.8 Å². The summed E-state index contributed by atoms with van der Waals surface area (Å²) in [4.78, 5) is 51.0. The Morgan fingerprint density at radius 2 is 1.73 bits per heavy atom. The van der Waals surface area contributed by atoms with E-state index in [-0.39, 0.29) is 43.6 Å². The zero-order chi connectivity index (χ0) is 28.2. The van der Waals surface area contributed by atoms with E-state index in [1.54, 1.807) is 55.6 Å². The topological polar surface area (TPSA) is 132 Å². The molecule has 0 aromatic heterocycles. The Balaban J connectivity index is 1.21. The summed E-state index contributed by atoms with van der Waals surface area (Å²) in [6.07, 6.45) is -0.270. The number of anilines is 1. The van der Waals surface area contributed by atoms with Gasteiger partial charge in [0, 0.05) is 24.2 Å². The van der Waals surface area contributed by atoms with Gasteiger partial charge in [-0.25, -0.2) is 4.79 Å². The van der Waals surface area contributed by atoms with Crippen molar-refractivity contribution in [1.82, 2.24) is 10.2 Å². The number of hydrogen-bond donors (Lipinski definition) is 2. The molecule has 2 aliphatic heterocycles. The molecule has 11 nitrogen and oxygen atoms in total. The summed E-state index contributed by atoms with van der Waals surface area (Å²) in [6.45, 7) is 0.0676. The molecule has 0 aliphatic carbocycles. The van der Waals surface area contributed by atoms with Crippen LogP contribution in [0.15, 0.2) is 60.7 Å². The number of amides is 4. The molecule has 0 saturated carbocycles. The van der Waals surface area contributed by atoms with Gasteiger partial charge in [0.25, 0.3) is 5.91 Å². The van der Waals surface area contributed by atoms with Crippen molar-refractivity contribution in [2.24, 2.45) is 0 Å². The molecular weight excluding hydrogens is 518 g/mol. The van der Waals surface area contributed by atoms with E-state index < -0.39 is 18.0 Å². The number of fused-ring (bicyclic) bond motifs is 1. The molecule has 1 atom stereocenters.